The number of likely N-dealkylation sites (N-methyl/N-ethyl adjacent to an activating group) is 1. The zero-order valence-corrected chi connectivity index (χ0v) is 18.1. The molecule has 28 heavy (non-hydrogen) atoms. The third kappa shape index (κ3) is 8.06. The molecule has 0 aromatic heterocycles. The van der Waals surface area contributed by atoms with Crippen LogP contribution >= 0.6 is 0 Å². The highest BCUT2D eigenvalue weighted by Gasteiger charge is 2.21. The van der Waals surface area contributed by atoms with E-state index in [2.05, 4.69) is 19.2 Å². The minimum atomic E-state index is -0.599. The summed E-state index contributed by atoms with van der Waals surface area (Å²) in [5, 5.41) is 2.48. The molecular weight excluding hydrogens is 360 g/mol. The molecule has 0 fully saturated rings. The Morgan fingerprint density at radius 2 is 1.82 bits per heavy atom. The highest BCUT2D eigenvalue weighted by Crippen LogP contribution is 2.32. The van der Waals surface area contributed by atoms with Crippen LogP contribution in [-0.4, -0.2) is 48.9 Å². The Morgan fingerprint density at radius 1 is 1.21 bits per heavy atom. The molecule has 1 atom stereocenters. The number of carbonyl (C=O) groups excluding carboxylic acids is 2. The number of alkyl carbamates (subject to hydrolysis) is 1. The van der Waals surface area contributed by atoms with Crippen LogP contribution in [0.25, 0.3) is 0 Å². The van der Waals surface area contributed by atoms with Gasteiger partial charge in [-0.1, -0.05) is 26.3 Å². The second kappa shape index (κ2) is 10.8. The molecule has 1 aliphatic heterocycles. The van der Waals surface area contributed by atoms with Crippen LogP contribution in [0, 0.1) is 0 Å². The zero-order valence-electron chi connectivity index (χ0n) is 18.1. The van der Waals surface area contributed by atoms with Gasteiger partial charge in [-0.05, 0) is 51.8 Å². The molecule has 0 aliphatic carbocycles. The van der Waals surface area contributed by atoms with Crippen LogP contribution in [-0.2, 0) is 16.0 Å². The smallest absolute Gasteiger partial charge is 0.408 e. The van der Waals surface area contributed by atoms with Crippen LogP contribution < -0.4 is 14.8 Å². The Kier molecular flexibility index (Phi) is 9.09. The number of carbonyl (C=O) groups is 2. The molecule has 1 aromatic carbocycles. The van der Waals surface area contributed by atoms with Crippen LogP contribution in [0.1, 0.15) is 53.5 Å². The Hall–Kier alpha value is -2.44. The van der Waals surface area contributed by atoms with Crippen molar-refractivity contribution in [1.82, 2.24) is 10.2 Å². The summed E-state index contributed by atoms with van der Waals surface area (Å²) in [6.07, 6.45) is 1.32. The summed E-state index contributed by atoms with van der Waals surface area (Å²) in [5.41, 5.74) is 0.461. The minimum Gasteiger partial charge on any atom is -0.454 e. The number of nitrogens with one attached hydrogen (secondary N) is 1. The van der Waals surface area contributed by atoms with Gasteiger partial charge in [-0.3, -0.25) is 4.79 Å². The quantitative estimate of drug-likeness (QED) is 0.823. The second-order valence-electron chi connectivity index (χ2n) is 7.81. The van der Waals surface area contributed by atoms with Gasteiger partial charge in [0.1, 0.15) is 12.1 Å². The van der Waals surface area contributed by atoms with Crippen LogP contribution in [0.5, 0.6) is 11.5 Å². The molecule has 158 valence electrons. The Morgan fingerprint density at radius 3 is 2.43 bits per heavy atom. The largest absolute Gasteiger partial charge is 0.454 e. The Balaban J connectivity index is 0.00000122. The summed E-state index contributed by atoms with van der Waals surface area (Å²) in [4.78, 5) is 25.5. The van der Waals surface area contributed by atoms with Gasteiger partial charge >= 0.3 is 6.09 Å². The fourth-order valence-electron chi connectivity index (χ4n) is 2.38. The van der Waals surface area contributed by atoms with Gasteiger partial charge in [0.2, 0.25) is 12.7 Å². The van der Waals surface area contributed by atoms with Gasteiger partial charge in [-0.15, -0.1) is 0 Å². The predicted octanol–water partition coefficient (Wildman–Crippen LogP) is 3.75. The average molecular weight is 395 g/mol. The van der Waals surface area contributed by atoms with E-state index in [4.69, 9.17) is 14.2 Å². The molecule has 0 spiro atoms. The maximum Gasteiger partial charge on any atom is 0.408 e. The lowest BCUT2D eigenvalue weighted by Crippen LogP contribution is -2.44. The van der Waals surface area contributed by atoms with Crippen LogP contribution in [0.3, 0.4) is 0 Å². The normalized spacial score (nSPS) is 13.1. The van der Waals surface area contributed by atoms with Crippen LogP contribution in [0.15, 0.2) is 18.2 Å². The first kappa shape index (κ1) is 23.6. The van der Waals surface area contributed by atoms with Gasteiger partial charge in [0, 0.05) is 13.1 Å². The minimum absolute atomic E-state index is 0.0340. The molecule has 7 nitrogen and oxygen atoms in total. The number of fused-ring (bicyclic) bond motifs is 1. The third-order valence-corrected chi connectivity index (χ3v) is 3.81. The molecule has 1 aromatic rings. The van der Waals surface area contributed by atoms with Crippen LogP contribution in [0.4, 0.5) is 4.79 Å². The Labute approximate surface area is 168 Å². The second-order valence-corrected chi connectivity index (χ2v) is 7.81. The van der Waals surface area contributed by atoms with Gasteiger partial charge in [0.15, 0.2) is 11.5 Å². The first-order chi connectivity index (χ1) is 13.1. The van der Waals surface area contributed by atoms with E-state index in [1.54, 1.807) is 32.7 Å². The summed E-state index contributed by atoms with van der Waals surface area (Å²) in [6.45, 7) is 11.7. The van der Waals surface area contributed by atoms with Crippen molar-refractivity contribution in [2.45, 2.75) is 66.0 Å². The number of ether oxygens (including phenoxy) is 3. The van der Waals surface area contributed by atoms with Crippen molar-refractivity contribution < 1.29 is 23.8 Å². The lowest BCUT2D eigenvalue weighted by Gasteiger charge is -2.26. The molecular formula is C21H34N2O5. The zero-order chi connectivity index (χ0) is 21.3. The predicted molar refractivity (Wildman–Crippen MR) is 109 cm³/mol. The molecule has 1 heterocycles. The first-order valence-corrected chi connectivity index (χ1v) is 9.68. The van der Waals surface area contributed by atoms with Crippen molar-refractivity contribution >= 4 is 12.0 Å². The van der Waals surface area contributed by atoms with E-state index in [9.17, 15) is 9.59 Å². The summed E-state index contributed by atoms with van der Waals surface area (Å²) in [7, 11) is 1.72. The topological polar surface area (TPSA) is 77.1 Å². The standard InChI is InChI=1S/C18H26N2O5.C3H8/c1-12(8-13-6-7-14-15(9-13)24-11-23-14)20(5)16(21)10-19-17(22)25-18(2,3)4;1-3-2/h6-7,9,12H,8,10-11H2,1-5H3,(H,19,22);3H2,1-2H3. The first-order valence-electron chi connectivity index (χ1n) is 9.68. The van der Waals surface area contributed by atoms with E-state index >= 15 is 0 Å². The molecule has 2 amide bonds. The average Bonchev–Trinajstić information content (AvgIpc) is 3.06. The van der Waals surface area contributed by atoms with Crippen molar-refractivity contribution in [3.63, 3.8) is 0 Å². The number of hydrogen-bond acceptors (Lipinski definition) is 5. The molecule has 7 heteroatoms. The maximum absolute atomic E-state index is 12.2. The molecule has 1 unspecified atom stereocenters. The molecule has 0 saturated heterocycles. The highest BCUT2D eigenvalue weighted by molar-refractivity contribution is 5.82. The fraction of sp³-hybridized carbons (Fsp3) is 0.619. The molecule has 0 radical (unpaired) electrons. The van der Waals surface area contributed by atoms with Crippen molar-refractivity contribution in [3.05, 3.63) is 23.8 Å². The molecule has 1 aliphatic rings. The van der Waals surface area contributed by atoms with Crippen molar-refractivity contribution in [2.24, 2.45) is 0 Å². The van der Waals surface area contributed by atoms with Gasteiger partial charge in [0.05, 0.1) is 0 Å². The summed E-state index contributed by atoms with van der Waals surface area (Å²) in [6, 6.07) is 5.72. The number of nitrogens with zero attached hydrogens (tertiary/aromatic N) is 1. The Bertz CT molecular complexity index is 655. The fourth-order valence-corrected chi connectivity index (χ4v) is 2.38. The lowest BCUT2D eigenvalue weighted by atomic mass is 10.1. The van der Waals surface area contributed by atoms with Crippen molar-refractivity contribution in [2.75, 3.05) is 20.4 Å². The van der Waals surface area contributed by atoms with E-state index in [0.29, 0.717) is 6.42 Å². The molecule has 1 N–H and O–H groups in total. The molecule has 0 saturated carbocycles. The van der Waals surface area contributed by atoms with E-state index in [0.717, 1.165) is 17.1 Å². The third-order valence-electron chi connectivity index (χ3n) is 3.81. The van der Waals surface area contributed by atoms with E-state index in [-0.39, 0.29) is 25.3 Å². The van der Waals surface area contributed by atoms with E-state index < -0.39 is 11.7 Å². The lowest BCUT2D eigenvalue weighted by molar-refractivity contribution is -0.130. The maximum atomic E-state index is 12.2. The summed E-state index contributed by atoms with van der Waals surface area (Å²) >= 11 is 0. The number of hydrogen-bond donors (Lipinski definition) is 1. The summed E-state index contributed by atoms with van der Waals surface area (Å²) < 4.78 is 15.8. The highest BCUT2D eigenvalue weighted by atomic mass is 16.7. The van der Waals surface area contributed by atoms with Gasteiger partial charge in [-0.25, -0.2) is 4.79 Å². The summed E-state index contributed by atoms with van der Waals surface area (Å²) in [5.74, 6) is 1.28. The SMILES string of the molecule is CC(Cc1ccc2c(c1)OCO2)N(C)C(=O)CNC(=O)OC(C)(C)C.CCC. The monoisotopic (exact) mass is 394 g/mol. The van der Waals surface area contributed by atoms with Gasteiger partial charge < -0.3 is 24.4 Å². The van der Waals surface area contributed by atoms with Gasteiger partial charge in [0.25, 0.3) is 0 Å². The number of amides is 2. The number of benzene rings is 1. The van der Waals surface area contributed by atoms with Gasteiger partial charge in [-0.2, -0.15) is 0 Å². The van der Waals surface area contributed by atoms with E-state index in [1.807, 2.05) is 25.1 Å². The van der Waals surface area contributed by atoms with Crippen molar-refractivity contribution in [1.29, 1.82) is 0 Å². The van der Waals surface area contributed by atoms with Crippen LogP contribution in [0.2, 0.25) is 0 Å². The molecule has 0 bridgehead atoms. The van der Waals surface area contributed by atoms with Crippen molar-refractivity contribution in [3.8, 4) is 11.5 Å². The van der Waals surface area contributed by atoms with E-state index in [1.165, 1.54) is 6.42 Å². The number of rotatable bonds is 5. The molecule has 2 rings (SSSR count).